The van der Waals surface area contributed by atoms with Gasteiger partial charge in [0.05, 0.1) is 40.2 Å². The van der Waals surface area contributed by atoms with Crippen LogP contribution >= 0.6 is 0 Å². The first-order valence-electron chi connectivity index (χ1n) is 9.23. The van der Waals surface area contributed by atoms with Crippen molar-refractivity contribution in [3.05, 3.63) is 77.6 Å². The third kappa shape index (κ3) is 3.42. The third-order valence-electron chi connectivity index (χ3n) is 4.88. The number of hydrogen-bond donors (Lipinski definition) is 1. The van der Waals surface area contributed by atoms with E-state index in [1.165, 1.54) is 23.0 Å². The largest absolute Gasteiger partial charge is 0.342 e. The zero-order valence-corrected chi connectivity index (χ0v) is 16.2. The number of aromatic nitrogens is 4. The first-order chi connectivity index (χ1) is 14.4. The molecule has 1 atom stereocenters. The lowest BCUT2D eigenvalue weighted by Gasteiger charge is -2.15. The number of carbonyl (C=O) groups excluding carboxylic acids is 1. The molecular weight excluding hydrogens is 395 g/mol. The maximum absolute atomic E-state index is 13.7. The van der Waals surface area contributed by atoms with Crippen LogP contribution in [0.3, 0.4) is 0 Å². The summed E-state index contributed by atoms with van der Waals surface area (Å²) in [6.07, 6.45) is 1.39. The van der Waals surface area contributed by atoms with Crippen molar-refractivity contribution in [1.82, 2.24) is 24.6 Å². The van der Waals surface area contributed by atoms with Crippen molar-refractivity contribution in [2.45, 2.75) is 26.4 Å². The normalized spacial score (nSPS) is 12.5. The highest BCUT2D eigenvalue weighted by molar-refractivity contribution is 5.95. The smallest absolute Gasteiger partial charge is 0.320 e. The number of nitrogens with zero attached hydrogens (tertiary/aromatic N) is 4. The van der Waals surface area contributed by atoms with Gasteiger partial charge in [-0.25, -0.2) is 14.1 Å². The second-order valence-corrected chi connectivity index (χ2v) is 6.83. The number of para-hydroxylation sites is 2. The lowest BCUT2D eigenvalue weighted by molar-refractivity contribution is 0.0687. The number of nitrogens with one attached hydrogen (secondary N) is 1. The summed E-state index contributed by atoms with van der Waals surface area (Å²) in [6, 6.07) is 11.5. The van der Waals surface area contributed by atoms with Gasteiger partial charge in [-0.15, -0.1) is 0 Å². The Morgan fingerprint density at radius 1 is 1.10 bits per heavy atom. The van der Waals surface area contributed by atoms with E-state index in [-0.39, 0.29) is 17.2 Å². The molecule has 1 N–H and O–H groups in total. The topological polar surface area (TPSA) is 64.7 Å². The number of benzene rings is 2. The first kappa shape index (κ1) is 19.7. The van der Waals surface area contributed by atoms with Gasteiger partial charge in [-0.05, 0) is 50.2 Å². The predicted octanol–water partition coefficient (Wildman–Crippen LogP) is 4.56. The molecule has 0 radical (unpaired) electrons. The molecule has 2 aromatic heterocycles. The van der Waals surface area contributed by atoms with E-state index < -0.39 is 18.5 Å². The van der Waals surface area contributed by atoms with Gasteiger partial charge >= 0.3 is 6.55 Å². The van der Waals surface area contributed by atoms with Gasteiger partial charge in [0.2, 0.25) is 0 Å². The van der Waals surface area contributed by atoms with E-state index in [0.717, 1.165) is 4.57 Å². The molecule has 2 aromatic carbocycles. The number of carbonyl (C=O) groups is 1. The first-order valence-corrected chi connectivity index (χ1v) is 9.23. The summed E-state index contributed by atoms with van der Waals surface area (Å²) >= 11 is 0. The van der Waals surface area contributed by atoms with Crippen molar-refractivity contribution in [1.29, 1.82) is 0 Å². The molecule has 0 aliphatic heterocycles. The molecule has 2 heterocycles. The van der Waals surface area contributed by atoms with Gasteiger partial charge in [0.25, 0.3) is 5.91 Å². The zero-order chi connectivity index (χ0) is 21.4. The van der Waals surface area contributed by atoms with Gasteiger partial charge in [-0.3, -0.25) is 9.36 Å². The molecule has 0 spiro atoms. The SMILES string of the molecule is Cc1c(C(=O)N[C@@H](C)c2nc3ccccc3n2C(F)F)cnn1-c1ccc(F)cc1. The van der Waals surface area contributed by atoms with Crippen LogP contribution in [0.15, 0.2) is 54.7 Å². The Balaban J connectivity index is 1.61. The van der Waals surface area contributed by atoms with E-state index in [1.807, 2.05) is 0 Å². The molecule has 0 bridgehead atoms. The second-order valence-electron chi connectivity index (χ2n) is 6.83. The van der Waals surface area contributed by atoms with Crippen LogP contribution in [0, 0.1) is 12.7 Å². The summed E-state index contributed by atoms with van der Waals surface area (Å²) in [6.45, 7) is 0.497. The molecule has 0 fully saturated rings. The summed E-state index contributed by atoms with van der Waals surface area (Å²) in [4.78, 5) is 17.1. The average molecular weight is 413 g/mol. The molecule has 30 heavy (non-hydrogen) atoms. The zero-order valence-electron chi connectivity index (χ0n) is 16.2. The molecule has 0 saturated carbocycles. The number of rotatable bonds is 5. The molecule has 154 valence electrons. The van der Waals surface area contributed by atoms with Gasteiger partial charge in [0.15, 0.2) is 0 Å². The second kappa shape index (κ2) is 7.66. The van der Waals surface area contributed by atoms with E-state index >= 15 is 0 Å². The molecule has 1 amide bonds. The lowest BCUT2D eigenvalue weighted by atomic mass is 10.2. The summed E-state index contributed by atoms with van der Waals surface area (Å²) in [5, 5.41) is 6.90. The van der Waals surface area contributed by atoms with E-state index in [0.29, 0.717) is 22.4 Å². The molecule has 6 nitrogen and oxygen atoms in total. The van der Waals surface area contributed by atoms with Crippen LogP contribution in [0.5, 0.6) is 0 Å². The van der Waals surface area contributed by atoms with Crippen LogP contribution in [0.1, 0.15) is 41.4 Å². The van der Waals surface area contributed by atoms with Crippen molar-refractivity contribution in [2.24, 2.45) is 0 Å². The minimum absolute atomic E-state index is 0.0585. The Labute approximate surface area is 170 Å². The number of halogens is 3. The lowest BCUT2D eigenvalue weighted by Crippen LogP contribution is -2.29. The number of hydrogen-bond acceptors (Lipinski definition) is 3. The van der Waals surface area contributed by atoms with Crippen LogP contribution < -0.4 is 5.32 Å². The fraction of sp³-hybridized carbons (Fsp3) is 0.190. The Morgan fingerprint density at radius 2 is 1.80 bits per heavy atom. The highest BCUT2D eigenvalue weighted by atomic mass is 19.3. The minimum atomic E-state index is -2.80. The Kier molecular flexibility index (Phi) is 5.03. The van der Waals surface area contributed by atoms with Crippen molar-refractivity contribution in [2.75, 3.05) is 0 Å². The Hall–Kier alpha value is -3.62. The summed E-state index contributed by atoms with van der Waals surface area (Å²) in [5.41, 5.74) is 2.14. The maximum Gasteiger partial charge on any atom is 0.320 e. The van der Waals surface area contributed by atoms with Crippen LogP contribution in [0.2, 0.25) is 0 Å². The van der Waals surface area contributed by atoms with Crippen molar-refractivity contribution in [3.8, 4) is 5.69 Å². The van der Waals surface area contributed by atoms with Crippen molar-refractivity contribution < 1.29 is 18.0 Å². The quantitative estimate of drug-likeness (QED) is 0.522. The van der Waals surface area contributed by atoms with Gasteiger partial charge < -0.3 is 5.32 Å². The number of fused-ring (bicyclic) bond motifs is 1. The van der Waals surface area contributed by atoms with E-state index in [1.54, 1.807) is 50.2 Å². The van der Waals surface area contributed by atoms with Crippen molar-refractivity contribution >= 4 is 16.9 Å². The fourth-order valence-electron chi connectivity index (χ4n) is 3.39. The van der Waals surface area contributed by atoms with E-state index in [9.17, 15) is 18.0 Å². The average Bonchev–Trinajstić information content (AvgIpc) is 3.29. The van der Waals surface area contributed by atoms with Crippen LogP contribution in [-0.4, -0.2) is 25.2 Å². The van der Waals surface area contributed by atoms with Crippen LogP contribution in [0.4, 0.5) is 13.2 Å². The fourth-order valence-corrected chi connectivity index (χ4v) is 3.39. The van der Waals surface area contributed by atoms with E-state index in [4.69, 9.17) is 0 Å². The van der Waals surface area contributed by atoms with Crippen LogP contribution in [-0.2, 0) is 0 Å². The summed E-state index contributed by atoms with van der Waals surface area (Å²) in [5.74, 6) is -0.790. The number of alkyl halides is 2. The van der Waals surface area contributed by atoms with Gasteiger partial charge in [-0.1, -0.05) is 12.1 Å². The van der Waals surface area contributed by atoms with Crippen LogP contribution in [0.25, 0.3) is 16.7 Å². The predicted molar refractivity (Wildman–Crippen MR) is 105 cm³/mol. The molecule has 4 aromatic rings. The molecule has 0 aliphatic rings. The molecular formula is C21H18F3N5O. The molecule has 9 heteroatoms. The van der Waals surface area contributed by atoms with Gasteiger partial charge in [0.1, 0.15) is 11.6 Å². The molecule has 0 unspecified atom stereocenters. The van der Waals surface area contributed by atoms with Crippen molar-refractivity contribution in [3.63, 3.8) is 0 Å². The molecule has 0 aliphatic carbocycles. The number of amides is 1. The molecule has 0 saturated heterocycles. The standard InChI is InChI=1S/C21H18F3N5O/c1-12(19-27-17-5-3-4-6-18(17)28(19)21(23)24)26-20(30)16-11-25-29(13(16)2)15-9-7-14(22)8-10-15/h3-12,21H,1-2H3,(H,26,30)/t12-/m0/s1. The monoisotopic (exact) mass is 413 g/mol. The highest BCUT2D eigenvalue weighted by Crippen LogP contribution is 2.27. The molecule has 4 rings (SSSR count). The highest BCUT2D eigenvalue weighted by Gasteiger charge is 2.24. The Morgan fingerprint density at radius 3 is 2.50 bits per heavy atom. The van der Waals surface area contributed by atoms with E-state index in [2.05, 4.69) is 15.4 Å². The maximum atomic E-state index is 13.7. The third-order valence-corrected chi connectivity index (χ3v) is 4.88. The minimum Gasteiger partial charge on any atom is -0.342 e. The van der Waals surface area contributed by atoms with Gasteiger partial charge in [-0.2, -0.15) is 13.9 Å². The Bertz CT molecular complexity index is 1210. The number of imidazole rings is 1. The van der Waals surface area contributed by atoms with Gasteiger partial charge in [0, 0.05) is 0 Å². The summed E-state index contributed by atoms with van der Waals surface area (Å²) in [7, 11) is 0. The summed E-state index contributed by atoms with van der Waals surface area (Å²) < 4.78 is 42.8.